The summed E-state index contributed by atoms with van der Waals surface area (Å²) in [5.41, 5.74) is 6.09. The number of halogens is 1. The number of carbonyl (C=O) groups is 1. The molecule has 0 radical (unpaired) electrons. The lowest BCUT2D eigenvalue weighted by molar-refractivity contribution is -0.922. The highest BCUT2D eigenvalue weighted by Crippen LogP contribution is 2.29. The van der Waals surface area contributed by atoms with E-state index in [4.69, 9.17) is 5.73 Å². The predicted molar refractivity (Wildman–Crippen MR) is 77.3 cm³/mol. The Morgan fingerprint density at radius 1 is 1.18 bits per heavy atom. The van der Waals surface area contributed by atoms with Gasteiger partial charge in [-0.15, -0.1) is 0 Å². The molecule has 98 valence electrons. The second kappa shape index (κ2) is 6.48. The van der Waals surface area contributed by atoms with Crippen LogP contribution in [0.15, 0.2) is 0 Å². The number of ketones is 1. The van der Waals surface area contributed by atoms with Crippen molar-refractivity contribution in [2.45, 2.75) is 55.0 Å². The molecule has 17 heavy (non-hydrogen) atoms. The summed E-state index contributed by atoms with van der Waals surface area (Å²) < 4.78 is 0.793. The lowest BCUT2D eigenvalue weighted by Gasteiger charge is -2.31. The van der Waals surface area contributed by atoms with E-state index in [9.17, 15) is 4.79 Å². The van der Waals surface area contributed by atoms with E-state index in [2.05, 4.69) is 22.6 Å². The van der Waals surface area contributed by atoms with E-state index in [1.54, 1.807) is 0 Å². The third kappa shape index (κ3) is 3.89. The number of piperidine rings is 1. The molecule has 2 rings (SSSR count). The molecule has 2 atom stereocenters. The lowest BCUT2D eigenvalue weighted by Crippen LogP contribution is -3.19. The summed E-state index contributed by atoms with van der Waals surface area (Å²) in [5.74, 6) is 0.809. The highest BCUT2D eigenvalue weighted by molar-refractivity contribution is 14.1. The number of hydrogen-bond donors (Lipinski definition) is 2. The molecule has 1 heterocycles. The van der Waals surface area contributed by atoms with Gasteiger partial charge in [0.05, 0.1) is 6.54 Å². The van der Waals surface area contributed by atoms with E-state index in [1.165, 1.54) is 30.6 Å². The van der Waals surface area contributed by atoms with Crippen LogP contribution in [0.1, 0.15) is 44.9 Å². The molecule has 1 saturated heterocycles. The molecule has 0 aromatic rings. The number of hydrogen-bond acceptors (Lipinski definition) is 2. The fourth-order valence-corrected chi connectivity index (χ4v) is 3.79. The first-order valence-corrected chi connectivity index (χ1v) is 8.18. The summed E-state index contributed by atoms with van der Waals surface area (Å²) in [6.45, 7) is 1.77. The molecule has 3 N–H and O–H groups in total. The van der Waals surface area contributed by atoms with E-state index >= 15 is 0 Å². The number of likely N-dealkylation sites (tertiary alicyclic amines) is 1. The van der Waals surface area contributed by atoms with Gasteiger partial charge in [0.25, 0.3) is 0 Å². The minimum Gasteiger partial charge on any atom is -0.314 e. The van der Waals surface area contributed by atoms with Crippen molar-refractivity contribution in [3.05, 3.63) is 0 Å². The fraction of sp³-hybridized carbons (Fsp3) is 0.923. The number of nitrogens with two attached hydrogens (primary N) is 1. The van der Waals surface area contributed by atoms with E-state index in [0.29, 0.717) is 18.2 Å². The molecule has 0 amide bonds. The maximum Gasteiger partial charge on any atom is 0.189 e. The van der Waals surface area contributed by atoms with Gasteiger partial charge in [0.15, 0.2) is 5.78 Å². The summed E-state index contributed by atoms with van der Waals surface area (Å²) in [7, 11) is 0. The Bertz CT molecular complexity index is 264. The van der Waals surface area contributed by atoms with E-state index in [1.807, 2.05) is 0 Å². The molecule has 4 heteroatoms. The highest BCUT2D eigenvalue weighted by Gasteiger charge is 2.30. The molecule has 0 aromatic heterocycles. The molecule has 2 unspecified atom stereocenters. The molecule has 0 bridgehead atoms. The molecule has 0 spiro atoms. The van der Waals surface area contributed by atoms with Crippen LogP contribution in [0.4, 0.5) is 0 Å². The zero-order chi connectivity index (χ0) is 12.3. The molecule has 1 saturated carbocycles. The van der Waals surface area contributed by atoms with Crippen molar-refractivity contribution in [2.24, 2.45) is 11.7 Å². The molecule has 2 fully saturated rings. The van der Waals surface area contributed by atoms with Gasteiger partial charge in [-0.3, -0.25) is 10.5 Å². The maximum atomic E-state index is 12.2. The number of nitrogens with one attached hydrogen (secondary N) is 1. The lowest BCUT2D eigenvalue weighted by atomic mass is 9.86. The summed E-state index contributed by atoms with van der Waals surface area (Å²) in [4.78, 5) is 13.6. The quantitative estimate of drug-likeness (QED) is 0.587. The van der Waals surface area contributed by atoms with E-state index in [-0.39, 0.29) is 6.17 Å². The minimum absolute atomic E-state index is 0.202. The van der Waals surface area contributed by atoms with Crippen LogP contribution in [0, 0.1) is 5.92 Å². The molecule has 2 aliphatic rings. The predicted octanol–water partition coefficient (Wildman–Crippen LogP) is 0.903. The van der Waals surface area contributed by atoms with Gasteiger partial charge in [0.2, 0.25) is 0 Å². The van der Waals surface area contributed by atoms with Gasteiger partial charge in [0.1, 0.15) is 12.7 Å². The number of carbonyl (C=O) groups excluding carboxylic acids is 1. The van der Waals surface area contributed by atoms with Crippen LogP contribution in [0.3, 0.4) is 0 Å². The van der Waals surface area contributed by atoms with Crippen LogP contribution >= 0.6 is 22.6 Å². The molecular weight excluding hydrogens is 327 g/mol. The first-order chi connectivity index (χ1) is 8.16. The summed E-state index contributed by atoms with van der Waals surface area (Å²) in [6.07, 6.45) is 8.41. The Morgan fingerprint density at radius 3 is 2.53 bits per heavy atom. The van der Waals surface area contributed by atoms with Crippen molar-refractivity contribution in [2.75, 3.05) is 13.1 Å². The van der Waals surface area contributed by atoms with E-state index in [0.717, 1.165) is 29.7 Å². The number of rotatable bonds is 3. The third-order valence-corrected chi connectivity index (χ3v) is 5.55. The van der Waals surface area contributed by atoms with Crippen LogP contribution in [0.5, 0.6) is 0 Å². The average Bonchev–Trinajstić information content (AvgIpc) is 2.33. The Labute approximate surface area is 118 Å². The fourth-order valence-electron chi connectivity index (χ4n) is 3.07. The zero-order valence-electron chi connectivity index (χ0n) is 10.5. The van der Waals surface area contributed by atoms with Crippen LogP contribution in [-0.2, 0) is 4.79 Å². The Kier molecular flexibility index (Phi) is 5.24. The van der Waals surface area contributed by atoms with Crippen molar-refractivity contribution in [3.63, 3.8) is 0 Å². The second-order valence-electron chi connectivity index (χ2n) is 5.60. The Morgan fingerprint density at radius 2 is 1.88 bits per heavy atom. The summed E-state index contributed by atoms with van der Waals surface area (Å²) in [6, 6.07) is 0. The molecule has 1 aliphatic heterocycles. The van der Waals surface area contributed by atoms with E-state index < -0.39 is 0 Å². The summed E-state index contributed by atoms with van der Waals surface area (Å²) in [5, 5.41) is 0. The normalized spacial score (nSPS) is 38.9. The van der Waals surface area contributed by atoms with Crippen molar-refractivity contribution in [1.29, 1.82) is 0 Å². The number of alkyl halides is 1. The largest absolute Gasteiger partial charge is 0.314 e. The molecule has 1 aliphatic carbocycles. The van der Waals surface area contributed by atoms with Gasteiger partial charge in [-0.1, -0.05) is 22.6 Å². The van der Waals surface area contributed by atoms with Gasteiger partial charge in [-0.25, -0.2) is 0 Å². The third-order valence-electron chi connectivity index (χ3n) is 4.30. The standard InChI is InChI=1S/C13H23IN2O/c14-11-6-4-10(5-7-11)12(17)9-16-8-2-1-3-13(16)15/h10-11,13H,1-9,15H2/p+1. The van der Waals surface area contributed by atoms with Crippen molar-refractivity contribution < 1.29 is 9.69 Å². The van der Waals surface area contributed by atoms with Crippen LogP contribution in [0.2, 0.25) is 0 Å². The second-order valence-corrected chi connectivity index (χ2v) is 7.36. The smallest absolute Gasteiger partial charge is 0.189 e. The first-order valence-electron chi connectivity index (χ1n) is 6.93. The van der Waals surface area contributed by atoms with Gasteiger partial charge >= 0.3 is 0 Å². The van der Waals surface area contributed by atoms with Crippen molar-refractivity contribution in [1.82, 2.24) is 0 Å². The van der Waals surface area contributed by atoms with Gasteiger partial charge < -0.3 is 4.90 Å². The van der Waals surface area contributed by atoms with Crippen LogP contribution < -0.4 is 10.6 Å². The SMILES string of the molecule is NC1CCCC[NH+]1CC(=O)C1CCC(I)CC1. The van der Waals surface area contributed by atoms with Gasteiger partial charge in [-0.05, 0) is 38.5 Å². The minimum atomic E-state index is 0.202. The van der Waals surface area contributed by atoms with Gasteiger partial charge in [0, 0.05) is 16.3 Å². The van der Waals surface area contributed by atoms with Crippen LogP contribution in [-0.4, -0.2) is 29.0 Å². The maximum absolute atomic E-state index is 12.2. The summed E-state index contributed by atoms with van der Waals surface area (Å²) >= 11 is 2.51. The van der Waals surface area contributed by atoms with Crippen molar-refractivity contribution >= 4 is 28.4 Å². The first kappa shape index (κ1) is 13.7. The monoisotopic (exact) mass is 351 g/mol. The molecule has 3 nitrogen and oxygen atoms in total. The zero-order valence-corrected chi connectivity index (χ0v) is 12.6. The van der Waals surface area contributed by atoms with Gasteiger partial charge in [-0.2, -0.15) is 0 Å². The molecule has 0 aromatic carbocycles. The topological polar surface area (TPSA) is 47.5 Å². The molecular formula is C13H24IN2O+. The number of Topliss-reactive ketones (excluding diaryl/α,β-unsaturated/α-hetero) is 1. The highest BCUT2D eigenvalue weighted by atomic mass is 127. The van der Waals surface area contributed by atoms with Crippen molar-refractivity contribution in [3.8, 4) is 0 Å². The van der Waals surface area contributed by atoms with Crippen LogP contribution in [0.25, 0.3) is 0 Å². The Hall–Kier alpha value is 0.320. The Balaban J connectivity index is 1.79. The number of quaternary nitrogens is 1. The average molecular weight is 351 g/mol.